The number of nitrogens with zero attached hydrogens (tertiary/aromatic N) is 2. The van der Waals surface area contributed by atoms with Crippen LogP contribution in [0.4, 0.5) is 8.78 Å². The summed E-state index contributed by atoms with van der Waals surface area (Å²) < 4.78 is 28.2. The monoisotopic (exact) mass is 336 g/mol. The highest BCUT2D eigenvalue weighted by Gasteiger charge is 2.17. The average molecular weight is 337 g/mol. The van der Waals surface area contributed by atoms with Crippen molar-refractivity contribution in [3.8, 4) is 0 Å². The molecule has 0 aliphatic heterocycles. The second kappa shape index (κ2) is 5.96. The minimum Gasteiger partial charge on any atom is -0.476 e. The molecule has 0 fully saturated rings. The van der Waals surface area contributed by atoms with Gasteiger partial charge in [0.15, 0.2) is 5.69 Å². The number of alkyl halides is 1. The Bertz CT molecular complexity index is 908. The Morgan fingerprint density at radius 1 is 1.26 bits per heavy atom. The van der Waals surface area contributed by atoms with E-state index in [2.05, 4.69) is 5.10 Å². The zero-order valence-corrected chi connectivity index (χ0v) is 12.5. The van der Waals surface area contributed by atoms with Crippen molar-refractivity contribution >= 4 is 28.5 Å². The number of carboxylic acid groups (broad SMARTS) is 1. The van der Waals surface area contributed by atoms with E-state index >= 15 is 0 Å². The molecule has 0 aliphatic carbocycles. The van der Waals surface area contributed by atoms with Crippen LogP contribution in [0.1, 0.15) is 21.6 Å². The average Bonchev–Trinajstić information content (AvgIpc) is 2.88. The summed E-state index contributed by atoms with van der Waals surface area (Å²) in [5.74, 6) is -1.71. The van der Waals surface area contributed by atoms with Crippen molar-refractivity contribution in [2.24, 2.45) is 0 Å². The normalized spacial score (nSPS) is 11.1. The van der Waals surface area contributed by atoms with Gasteiger partial charge in [0, 0.05) is 16.0 Å². The zero-order valence-electron chi connectivity index (χ0n) is 11.8. The SMILES string of the molecule is O=C(O)c1nn(Cc2ccc(Cl)cc2F)c2cc(CF)ccc12. The first-order valence-electron chi connectivity index (χ1n) is 6.72. The van der Waals surface area contributed by atoms with Crippen LogP contribution in [-0.4, -0.2) is 20.9 Å². The highest BCUT2D eigenvalue weighted by atomic mass is 35.5. The molecule has 3 rings (SSSR count). The van der Waals surface area contributed by atoms with Gasteiger partial charge in [-0.15, -0.1) is 0 Å². The molecule has 2 aromatic carbocycles. The summed E-state index contributed by atoms with van der Waals surface area (Å²) in [6.45, 7) is -0.665. The Labute approximate surface area is 134 Å². The molecule has 1 N–H and O–H groups in total. The van der Waals surface area contributed by atoms with E-state index in [1.54, 1.807) is 0 Å². The lowest BCUT2D eigenvalue weighted by Crippen LogP contribution is -2.06. The second-order valence-corrected chi connectivity index (χ2v) is 5.47. The van der Waals surface area contributed by atoms with Crippen LogP contribution in [0.5, 0.6) is 0 Å². The predicted molar refractivity (Wildman–Crippen MR) is 82.0 cm³/mol. The molecule has 1 aromatic heterocycles. The van der Waals surface area contributed by atoms with E-state index < -0.39 is 18.5 Å². The number of benzene rings is 2. The van der Waals surface area contributed by atoms with E-state index in [-0.39, 0.29) is 17.3 Å². The van der Waals surface area contributed by atoms with Crippen LogP contribution >= 0.6 is 11.6 Å². The summed E-state index contributed by atoms with van der Waals surface area (Å²) in [7, 11) is 0. The molecule has 0 unspecified atom stereocenters. The van der Waals surface area contributed by atoms with E-state index in [1.807, 2.05) is 0 Å². The number of hydrogen-bond acceptors (Lipinski definition) is 2. The van der Waals surface area contributed by atoms with Crippen LogP contribution in [-0.2, 0) is 13.2 Å². The Morgan fingerprint density at radius 3 is 2.70 bits per heavy atom. The first-order valence-corrected chi connectivity index (χ1v) is 7.10. The van der Waals surface area contributed by atoms with E-state index in [0.717, 1.165) is 0 Å². The third-order valence-corrected chi connectivity index (χ3v) is 3.74. The number of aromatic nitrogens is 2. The molecule has 0 radical (unpaired) electrons. The van der Waals surface area contributed by atoms with Crippen molar-refractivity contribution < 1.29 is 18.7 Å². The first kappa shape index (κ1) is 15.4. The molecule has 0 saturated carbocycles. The van der Waals surface area contributed by atoms with Gasteiger partial charge in [-0.25, -0.2) is 13.6 Å². The molecule has 0 amide bonds. The van der Waals surface area contributed by atoms with Gasteiger partial charge in [-0.2, -0.15) is 5.10 Å². The molecule has 7 heteroatoms. The van der Waals surface area contributed by atoms with Crippen molar-refractivity contribution in [2.75, 3.05) is 0 Å². The summed E-state index contributed by atoms with van der Waals surface area (Å²) in [6.07, 6.45) is 0. The van der Waals surface area contributed by atoms with Crippen LogP contribution in [0.3, 0.4) is 0 Å². The molecule has 0 saturated heterocycles. The number of aromatic carboxylic acids is 1. The van der Waals surface area contributed by atoms with Gasteiger partial charge < -0.3 is 5.11 Å². The summed E-state index contributed by atoms with van der Waals surface area (Å²) in [5, 5.41) is 13.9. The largest absolute Gasteiger partial charge is 0.476 e. The van der Waals surface area contributed by atoms with E-state index in [9.17, 15) is 18.7 Å². The van der Waals surface area contributed by atoms with Crippen molar-refractivity contribution in [3.05, 3.63) is 64.1 Å². The van der Waals surface area contributed by atoms with Gasteiger partial charge in [0.25, 0.3) is 0 Å². The molecule has 23 heavy (non-hydrogen) atoms. The number of hydrogen-bond donors (Lipinski definition) is 1. The van der Waals surface area contributed by atoms with Crippen LogP contribution in [0.15, 0.2) is 36.4 Å². The molecule has 0 spiro atoms. The maximum atomic E-state index is 13.9. The highest BCUT2D eigenvalue weighted by molar-refractivity contribution is 6.30. The molecule has 1 heterocycles. The maximum absolute atomic E-state index is 13.9. The van der Waals surface area contributed by atoms with Gasteiger partial charge in [0.1, 0.15) is 12.5 Å². The van der Waals surface area contributed by atoms with Gasteiger partial charge in [-0.3, -0.25) is 4.68 Å². The van der Waals surface area contributed by atoms with Crippen LogP contribution < -0.4 is 0 Å². The Hall–Kier alpha value is -2.47. The lowest BCUT2D eigenvalue weighted by Gasteiger charge is -2.06. The van der Waals surface area contributed by atoms with Crippen LogP contribution in [0.2, 0.25) is 5.02 Å². The third kappa shape index (κ3) is 2.90. The minimum absolute atomic E-state index is 0.0164. The van der Waals surface area contributed by atoms with Crippen molar-refractivity contribution in [2.45, 2.75) is 13.2 Å². The molecule has 0 aliphatic rings. The van der Waals surface area contributed by atoms with E-state index in [1.165, 1.54) is 41.1 Å². The molecular formula is C16H11ClF2N2O2. The Balaban J connectivity index is 2.14. The fourth-order valence-electron chi connectivity index (χ4n) is 2.39. The highest BCUT2D eigenvalue weighted by Crippen LogP contribution is 2.23. The first-order chi connectivity index (χ1) is 11.0. The maximum Gasteiger partial charge on any atom is 0.357 e. The molecule has 0 bridgehead atoms. The lowest BCUT2D eigenvalue weighted by atomic mass is 10.1. The molecule has 3 aromatic rings. The van der Waals surface area contributed by atoms with Gasteiger partial charge in [-0.1, -0.05) is 23.7 Å². The number of halogens is 3. The minimum atomic E-state index is -1.20. The van der Waals surface area contributed by atoms with E-state index in [0.29, 0.717) is 22.0 Å². The summed E-state index contributed by atoms with van der Waals surface area (Å²) in [4.78, 5) is 11.3. The lowest BCUT2D eigenvalue weighted by molar-refractivity contribution is 0.0691. The number of rotatable bonds is 4. The van der Waals surface area contributed by atoms with Crippen LogP contribution in [0.25, 0.3) is 10.9 Å². The molecule has 118 valence electrons. The topological polar surface area (TPSA) is 55.1 Å². The van der Waals surface area contributed by atoms with Gasteiger partial charge >= 0.3 is 5.97 Å². The standard InChI is InChI=1S/C16H11ClF2N2O2/c17-11-3-2-10(13(19)6-11)8-21-14-5-9(7-18)1-4-12(14)15(20-21)16(22)23/h1-6H,7-8H2,(H,22,23). The number of fused-ring (bicyclic) bond motifs is 1. The summed E-state index contributed by atoms with van der Waals surface area (Å²) in [6, 6.07) is 8.75. The summed E-state index contributed by atoms with van der Waals surface area (Å²) in [5.41, 5.74) is 0.986. The Morgan fingerprint density at radius 2 is 2.04 bits per heavy atom. The van der Waals surface area contributed by atoms with E-state index in [4.69, 9.17) is 11.6 Å². The van der Waals surface area contributed by atoms with Crippen LogP contribution in [0, 0.1) is 5.82 Å². The second-order valence-electron chi connectivity index (χ2n) is 5.03. The predicted octanol–water partition coefficient (Wildman–Crippen LogP) is 4.04. The Kier molecular flexibility index (Phi) is 4.00. The molecule has 4 nitrogen and oxygen atoms in total. The smallest absolute Gasteiger partial charge is 0.357 e. The van der Waals surface area contributed by atoms with Crippen molar-refractivity contribution in [1.82, 2.24) is 9.78 Å². The fraction of sp³-hybridized carbons (Fsp3) is 0.125. The van der Waals surface area contributed by atoms with Gasteiger partial charge in [0.2, 0.25) is 0 Å². The number of carbonyl (C=O) groups is 1. The zero-order chi connectivity index (χ0) is 16.6. The van der Waals surface area contributed by atoms with Gasteiger partial charge in [0.05, 0.1) is 12.1 Å². The molecular weight excluding hydrogens is 326 g/mol. The fourth-order valence-corrected chi connectivity index (χ4v) is 2.55. The summed E-state index contributed by atoms with van der Waals surface area (Å²) >= 11 is 5.72. The third-order valence-electron chi connectivity index (χ3n) is 3.51. The van der Waals surface area contributed by atoms with Gasteiger partial charge in [-0.05, 0) is 29.8 Å². The van der Waals surface area contributed by atoms with Crippen molar-refractivity contribution in [3.63, 3.8) is 0 Å². The number of carboxylic acids is 1. The quantitative estimate of drug-likeness (QED) is 0.782. The molecule has 0 atom stereocenters. The van der Waals surface area contributed by atoms with Crippen molar-refractivity contribution in [1.29, 1.82) is 0 Å².